The second kappa shape index (κ2) is 5.70. The van der Waals surface area contributed by atoms with Gasteiger partial charge < -0.3 is 5.11 Å². The zero-order valence-electron chi connectivity index (χ0n) is 11.6. The SMILES string of the molecule is Cc1cc(C)c(O)c(C=N[C@H](C)c2ccccc2)c1. The summed E-state index contributed by atoms with van der Waals surface area (Å²) in [5.74, 6) is 0.314. The van der Waals surface area contributed by atoms with E-state index in [1.807, 2.05) is 51.1 Å². The van der Waals surface area contributed by atoms with Crippen molar-refractivity contribution in [2.24, 2.45) is 4.99 Å². The Kier molecular flexibility index (Phi) is 4.00. The van der Waals surface area contributed by atoms with Gasteiger partial charge >= 0.3 is 0 Å². The molecule has 0 fully saturated rings. The van der Waals surface area contributed by atoms with E-state index in [9.17, 15) is 5.11 Å². The van der Waals surface area contributed by atoms with Gasteiger partial charge in [0.05, 0.1) is 6.04 Å². The molecule has 0 unspecified atom stereocenters. The molecule has 0 saturated carbocycles. The Labute approximate surface area is 114 Å². The minimum Gasteiger partial charge on any atom is -0.507 e. The maximum atomic E-state index is 10.0. The van der Waals surface area contributed by atoms with Crippen LogP contribution in [-0.4, -0.2) is 11.3 Å². The topological polar surface area (TPSA) is 32.6 Å². The van der Waals surface area contributed by atoms with Gasteiger partial charge in [-0.3, -0.25) is 4.99 Å². The Balaban J connectivity index is 2.24. The van der Waals surface area contributed by atoms with Gasteiger partial charge in [0.2, 0.25) is 0 Å². The van der Waals surface area contributed by atoms with E-state index < -0.39 is 0 Å². The number of benzene rings is 2. The van der Waals surface area contributed by atoms with Crippen molar-refractivity contribution in [1.29, 1.82) is 0 Å². The van der Waals surface area contributed by atoms with E-state index in [-0.39, 0.29) is 6.04 Å². The first kappa shape index (κ1) is 13.3. The van der Waals surface area contributed by atoms with Crippen LogP contribution < -0.4 is 0 Å². The van der Waals surface area contributed by atoms with Crippen molar-refractivity contribution in [3.63, 3.8) is 0 Å². The number of rotatable bonds is 3. The van der Waals surface area contributed by atoms with Gasteiger partial charge in [-0.05, 0) is 43.5 Å². The quantitative estimate of drug-likeness (QED) is 0.817. The Morgan fingerprint density at radius 2 is 1.79 bits per heavy atom. The Morgan fingerprint density at radius 3 is 2.47 bits per heavy atom. The molecule has 2 aromatic carbocycles. The first-order chi connectivity index (χ1) is 9.08. The molecule has 1 N–H and O–H groups in total. The summed E-state index contributed by atoms with van der Waals surface area (Å²) >= 11 is 0. The van der Waals surface area contributed by atoms with Crippen molar-refractivity contribution in [1.82, 2.24) is 0 Å². The molecule has 0 bridgehead atoms. The number of nitrogens with zero attached hydrogens (tertiary/aromatic N) is 1. The highest BCUT2D eigenvalue weighted by Crippen LogP contribution is 2.23. The van der Waals surface area contributed by atoms with E-state index in [4.69, 9.17) is 0 Å². The smallest absolute Gasteiger partial charge is 0.127 e. The fourth-order valence-corrected chi connectivity index (χ4v) is 2.10. The molecule has 1 atom stereocenters. The van der Waals surface area contributed by atoms with Crippen LogP contribution in [0.15, 0.2) is 47.5 Å². The molecule has 2 nitrogen and oxygen atoms in total. The third kappa shape index (κ3) is 3.22. The molecule has 2 rings (SSSR count). The van der Waals surface area contributed by atoms with Crippen molar-refractivity contribution < 1.29 is 5.11 Å². The van der Waals surface area contributed by atoms with Crippen molar-refractivity contribution in [2.75, 3.05) is 0 Å². The second-order valence-corrected chi connectivity index (χ2v) is 4.88. The molecule has 0 aromatic heterocycles. The zero-order chi connectivity index (χ0) is 13.8. The normalized spacial score (nSPS) is 12.8. The molecule has 0 aliphatic heterocycles. The minimum absolute atomic E-state index is 0.0846. The van der Waals surface area contributed by atoms with Gasteiger partial charge in [0.25, 0.3) is 0 Å². The van der Waals surface area contributed by atoms with Crippen LogP contribution in [-0.2, 0) is 0 Å². The lowest BCUT2D eigenvalue weighted by Crippen LogP contribution is -1.92. The third-order valence-corrected chi connectivity index (χ3v) is 3.19. The summed E-state index contributed by atoms with van der Waals surface area (Å²) < 4.78 is 0. The fourth-order valence-electron chi connectivity index (χ4n) is 2.10. The average Bonchev–Trinajstić information content (AvgIpc) is 2.41. The van der Waals surface area contributed by atoms with Crippen LogP contribution in [0.4, 0.5) is 0 Å². The van der Waals surface area contributed by atoms with Crippen LogP contribution in [0.25, 0.3) is 0 Å². The molecule has 2 aromatic rings. The number of aryl methyl sites for hydroxylation is 2. The zero-order valence-corrected chi connectivity index (χ0v) is 11.6. The molecule has 0 aliphatic rings. The van der Waals surface area contributed by atoms with Crippen molar-refractivity contribution >= 4 is 6.21 Å². The lowest BCUT2D eigenvalue weighted by Gasteiger charge is -2.08. The first-order valence-electron chi connectivity index (χ1n) is 6.46. The van der Waals surface area contributed by atoms with Crippen LogP contribution in [0.5, 0.6) is 5.75 Å². The van der Waals surface area contributed by atoms with Gasteiger partial charge in [0, 0.05) is 11.8 Å². The molecule has 0 saturated heterocycles. The van der Waals surface area contributed by atoms with Crippen LogP contribution in [0, 0.1) is 13.8 Å². The lowest BCUT2D eigenvalue weighted by atomic mass is 10.1. The van der Waals surface area contributed by atoms with Crippen molar-refractivity contribution in [3.8, 4) is 5.75 Å². The highest BCUT2D eigenvalue weighted by molar-refractivity contribution is 5.84. The van der Waals surface area contributed by atoms with Gasteiger partial charge in [-0.2, -0.15) is 0 Å². The number of aromatic hydroxyl groups is 1. The summed E-state index contributed by atoms with van der Waals surface area (Å²) in [5, 5.41) is 10.0. The molecular formula is C17H19NO. The first-order valence-corrected chi connectivity index (χ1v) is 6.46. The predicted octanol–water partition coefficient (Wildman–Crippen LogP) is 4.19. The number of hydrogen-bond acceptors (Lipinski definition) is 2. The Hall–Kier alpha value is -2.09. The third-order valence-electron chi connectivity index (χ3n) is 3.19. The highest BCUT2D eigenvalue weighted by atomic mass is 16.3. The van der Waals surface area contributed by atoms with Gasteiger partial charge in [0.1, 0.15) is 5.75 Å². The molecule has 0 heterocycles. The summed E-state index contributed by atoms with van der Waals surface area (Å²) in [5.41, 5.74) is 3.96. The molecule has 0 aliphatic carbocycles. The summed E-state index contributed by atoms with van der Waals surface area (Å²) in [6.45, 7) is 5.97. The maximum absolute atomic E-state index is 10.0. The van der Waals surface area contributed by atoms with E-state index in [2.05, 4.69) is 17.1 Å². The van der Waals surface area contributed by atoms with E-state index in [0.717, 1.165) is 16.7 Å². The molecule has 0 spiro atoms. The van der Waals surface area contributed by atoms with Gasteiger partial charge in [-0.15, -0.1) is 0 Å². The molecule has 98 valence electrons. The highest BCUT2D eigenvalue weighted by Gasteiger charge is 2.05. The molecule has 0 amide bonds. The Bertz CT molecular complexity index is 588. The fraction of sp³-hybridized carbons (Fsp3) is 0.235. The number of aliphatic imine (C=N–C) groups is 1. The Morgan fingerprint density at radius 1 is 1.11 bits per heavy atom. The van der Waals surface area contributed by atoms with E-state index >= 15 is 0 Å². The molecular weight excluding hydrogens is 234 g/mol. The van der Waals surface area contributed by atoms with E-state index in [0.29, 0.717) is 5.75 Å². The largest absolute Gasteiger partial charge is 0.507 e. The van der Waals surface area contributed by atoms with Crippen molar-refractivity contribution in [3.05, 3.63) is 64.7 Å². The van der Waals surface area contributed by atoms with E-state index in [1.165, 1.54) is 5.56 Å². The van der Waals surface area contributed by atoms with Crippen LogP contribution in [0.3, 0.4) is 0 Å². The molecule has 2 heteroatoms. The summed E-state index contributed by atoms with van der Waals surface area (Å²) in [4.78, 5) is 4.52. The van der Waals surface area contributed by atoms with Crippen LogP contribution >= 0.6 is 0 Å². The van der Waals surface area contributed by atoms with Crippen LogP contribution in [0.2, 0.25) is 0 Å². The summed E-state index contributed by atoms with van der Waals surface area (Å²) in [6, 6.07) is 14.1. The number of phenolic OH excluding ortho intramolecular Hbond substituents is 1. The second-order valence-electron chi connectivity index (χ2n) is 4.88. The van der Waals surface area contributed by atoms with Gasteiger partial charge in [-0.1, -0.05) is 36.4 Å². The van der Waals surface area contributed by atoms with Crippen LogP contribution in [0.1, 0.15) is 35.2 Å². The molecule has 19 heavy (non-hydrogen) atoms. The van der Waals surface area contributed by atoms with Crippen molar-refractivity contribution in [2.45, 2.75) is 26.8 Å². The summed E-state index contributed by atoms with van der Waals surface area (Å²) in [7, 11) is 0. The van der Waals surface area contributed by atoms with Gasteiger partial charge in [0.15, 0.2) is 0 Å². The number of phenols is 1. The number of hydrogen-bond donors (Lipinski definition) is 1. The standard InChI is InChI=1S/C17H19NO/c1-12-9-13(2)17(19)16(10-12)11-18-14(3)15-7-5-4-6-8-15/h4-11,14,19H,1-3H3/t14-/m1/s1. The minimum atomic E-state index is 0.0846. The average molecular weight is 253 g/mol. The summed E-state index contributed by atoms with van der Waals surface area (Å²) in [6.07, 6.45) is 1.76. The predicted molar refractivity (Wildman–Crippen MR) is 80.0 cm³/mol. The van der Waals surface area contributed by atoms with Gasteiger partial charge in [-0.25, -0.2) is 0 Å². The van der Waals surface area contributed by atoms with E-state index in [1.54, 1.807) is 6.21 Å². The monoisotopic (exact) mass is 253 g/mol. The molecule has 0 radical (unpaired) electrons. The maximum Gasteiger partial charge on any atom is 0.127 e. The lowest BCUT2D eigenvalue weighted by molar-refractivity contribution is 0.470.